The predicted octanol–water partition coefficient (Wildman–Crippen LogP) is 4.43. The molecule has 13 heteroatoms. The third-order valence-corrected chi connectivity index (χ3v) is 8.59. The van der Waals surface area contributed by atoms with Gasteiger partial charge in [0.2, 0.25) is 0 Å². The van der Waals surface area contributed by atoms with Crippen LogP contribution in [0, 0.1) is 11.6 Å². The Bertz CT molecular complexity index is 2270. The number of imidazole rings is 1. The van der Waals surface area contributed by atoms with E-state index in [0.29, 0.717) is 42.8 Å². The summed E-state index contributed by atoms with van der Waals surface area (Å²) in [6.45, 7) is 0.0787. The topological polar surface area (TPSA) is 133 Å². The van der Waals surface area contributed by atoms with Crippen LogP contribution in [-0.4, -0.2) is 53.8 Å². The Morgan fingerprint density at radius 3 is 2.50 bits per heavy atom. The third-order valence-electron chi connectivity index (χ3n) is 8.59. The fourth-order valence-electron chi connectivity index (χ4n) is 6.28. The fourth-order valence-corrected chi connectivity index (χ4v) is 6.28. The number of hydrogen-bond donors (Lipinski definition) is 2. The summed E-state index contributed by atoms with van der Waals surface area (Å²) in [6.07, 6.45) is 5.47. The van der Waals surface area contributed by atoms with Gasteiger partial charge in [0.1, 0.15) is 35.3 Å². The number of ether oxygens (including phenoxy) is 1. The number of rotatable bonds is 8. The smallest absolute Gasteiger partial charge is 0.337 e. The highest BCUT2D eigenvalue weighted by Crippen LogP contribution is 2.29. The minimum atomic E-state index is -0.699. The third kappa shape index (κ3) is 5.95. The van der Waals surface area contributed by atoms with Crippen LogP contribution in [0.2, 0.25) is 0 Å². The lowest BCUT2D eigenvalue weighted by molar-refractivity contribution is 0.0917. The minimum absolute atomic E-state index is 0.0240. The summed E-state index contributed by atoms with van der Waals surface area (Å²) in [5.41, 5.74) is 1.49. The van der Waals surface area contributed by atoms with E-state index >= 15 is 0 Å². The molecule has 7 rings (SSSR count). The molecule has 0 aliphatic heterocycles. The van der Waals surface area contributed by atoms with Gasteiger partial charge in [-0.25, -0.2) is 28.1 Å². The van der Waals surface area contributed by atoms with E-state index in [1.54, 1.807) is 30.3 Å². The molecule has 0 radical (unpaired) electrons. The van der Waals surface area contributed by atoms with E-state index in [1.165, 1.54) is 38.1 Å². The number of amides is 1. The predicted molar refractivity (Wildman–Crippen MR) is 173 cm³/mol. The quantitative estimate of drug-likeness (QED) is 0.249. The molecule has 1 aliphatic rings. The molecule has 244 valence electrons. The Kier molecular flexibility index (Phi) is 8.27. The molecule has 11 nitrogen and oxygen atoms in total. The van der Waals surface area contributed by atoms with Crippen LogP contribution in [0.4, 0.5) is 8.78 Å². The summed E-state index contributed by atoms with van der Waals surface area (Å²) in [7, 11) is 0. The Hall–Kier alpha value is -5.69. The number of pyridine rings is 2. The number of halogens is 2. The molecule has 1 amide bonds. The molecule has 1 aliphatic carbocycles. The highest BCUT2D eigenvalue weighted by molar-refractivity contribution is 5.93. The molecule has 0 atom stereocenters. The van der Waals surface area contributed by atoms with E-state index in [9.17, 15) is 23.2 Å². The first kappa shape index (κ1) is 30.9. The number of fused-ring (bicyclic) bond motifs is 2. The maximum absolute atomic E-state index is 14.4. The Morgan fingerprint density at radius 1 is 0.938 bits per heavy atom. The second-order valence-corrected chi connectivity index (χ2v) is 11.7. The van der Waals surface area contributed by atoms with Gasteiger partial charge in [-0.1, -0.05) is 24.3 Å². The van der Waals surface area contributed by atoms with Gasteiger partial charge >= 0.3 is 5.69 Å². The van der Waals surface area contributed by atoms with E-state index in [4.69, 9.17) is 9.84 Å². The second-order valence-electron chi connectivity index (χ2n) is 11.7. The molecule has 2 N–H and O–H groups in total. The highest BCUT2D eigenvalue weighted by atomic mass is 19.1. The van der Waals surface area contributed by atoms with Crippen molar-refractivity contribution in [3.8, 4) is 22.6 Å². The van der Waals surface area contributed by atoms with Gasteiger partial charge in [-0.15, -0.1) is 0 Å². The number of aromatic nitrogens is 5. The van der Waals surface area contributed by atoms with Crippen molar-refractivity contribution in [3.05, 3.63) is 123 Å². The van der Waals surface area contributed by atoms with Gasteiger partial charge in [-0.3, -0.25) is 14.2 Å². The molecule has 4 aromatic heterocycles. The molecule has 0 unspecified atom stereocenters. The zero-order chi connectivity index (χ0) is 33.4. The van der Waals surface area contributed by atoms with Crippen LogP contribution in [0.3, 0.4) is 0 Å². The summed E-state index contributed by atoms with van der Waals surface area (Å²) in [4.78, 5) is 49.3. The van der Waals surface area contributed by atoms with Crippen molar-refractivity contribution in [1.82, 2.24) is 28.8 Å². The maximum atomic E-state index is 14.4. The number of aliphatic hydroxyl groups is 1. The first-order valence-electron chi connectivity index (χ1n) is 15.5. The molecule has 6 aromatic rings. The van der Waals surface area contributed by atoms with Crippen molar-refractivity contribution in [1.29, 1.82) is 0 Å². The van der Waals surface area contributed by atoms with Crippen molar-refractivity contribution in [2.75, 3.05) is 13.2 Å². The molecular weight excluding hydrogens is 622 g/mol. The summed E-state index contributed by atoms with van der Waals surface area (Å²) in [6, 6.07) is 17.6. The average Bonchev–Trinajstić information content (AvgIpc) is 3.52. The van der Waals surface area contributed by atoms with Crippen molar-refractivity contribution >= 4 is 22.6 Å². The van der Waals surface area contributed by atoms with E-state index in [1.807, 2.05) is 18.2 Å². The molecule has 48 heavy (non-hydrogen) atoms. The number of carbonyl (C=O) groups is 1. The minimum Gasteiger partial charge on any atom is -0.491 e. The number of benzene rings is 2. The SMILES string of the molecule is O=C(NC1CCC(n2c(=O)c3cc(F)cnc3n(-c3cccc(-c4ccc(OCCO)cc4)c3)c2=O)CC1)c1cn2cc(F)ccc2n1. The molecule has 0 bridgehead atoms. The first-order valence-corrected chi connectivity index (χ1v) is 15.5. The van der Waals surface area contributed by atoms with Crippen LogP contribution in [0.1, 0.15) is 42.2 Å². The zero-order valence-electron chi connectivity index (χ0n) is 25.6. The average molecular weight is 653 g/mol. The van der Waals surface area contributed by atoms with Crippen molar-refractivity contribution in [2.24, 2.45) is 0 Å². The summed E-state index contributed by atoms with van der Waals surface area (Å²) in [5.74, 6) is -0.947. The number of carbonyl (C=O) groups excluding carboxylic acids is 1. The van der Waals surface area contributed by atoms with Gasteiger partial charge in [0.25, 0.3) is 11.5 Å². The highest BCUT2D eigenvalue weighted by Gasteiger charge is 2.28. The summed E-state index contributed by atoms with van der Waals surface area (Å²) < 4.78 is 37.4. The summed E-state index contributed by atoms with van der Waals surface area (Å²) >= 11 is 0. The molecule has 0 spiro atoms. The van der Waals surface area contributed by atoms with E-state index in [2.05, 4.69) is 15.3 Å². The van der Waals surface area contributed by atoms with Crippen LogP contribution in [0.25, 0.3) is 33.5 Å². The van der Waals surface area contributed by atoms with Gasteiger partial charge in [0.15, 0.2) is 5.65 Å². The van der Waals surface area contributed by atoms with Crippen LogP contribution >= 0.6 is 0 Å². The monoisotopic (exact) mass is 652 g/mol. The van der Waals surface area contributed by atoms with Gasteiger partial charge < -0.3 is 19.6 Å². The molecular formula is C35H30F2N6O5. The second kappa shape index (κ2) is 12.8. The lowest BCUT2D eigenvalue weighted by atomic mass is 9.90. The van der Waals surface area contributed by atoms with Crippen molar-refractivity contribution in [3.63, 3.8) is 0 Å². The Balaban J connectivity index is 1.17. The standard InChI is InChI=1S/C35H30F2N6O5/c36-23-6-13-31-40-30(20-41(31)19-23)33(45)39-25-7-9-26(10-8-25)43-34(46)29-17-24(37)18-38-32(29)42(35(43)47)27-3-1-2-22(16-27)21-4-11-28(12-5-21)48-15-14-44/h1-6,11-13,16-20,25-26,44H,7-10,14-15H2,(H,39,45). The van der Waals surface area contributed by atoms with E-state index < -0.39 is 34.8 Å². The summed E-state index contributed by atoms with van der Waals surface area (Å²) in [5, 5.41) is 12.0. The zero-order valence-corrected chi connectivity index (χ0v) is 25.6. The van der Waals surface area contributed by atoms with E-state index in [0.717, 1.165) is 23.4 Å². The van der Waals surface area contributed by atoms with Gasteiger partial charge in [0.05, 0.1) is 23.9 Å². The molecule has 1 saturated carbocycles. The number of hydrogen-bond acceptors (Lipinski definition) is 7. The molecule has 1 fully saturated rings. The Labute approximate surface area is 271 Å². The van der Waals surface area contributed by atoms with Gasteiger partial charge in [-0.2, -0.15) is 0 Å². The first-order chi connectivity index (χ1) is 23.3. The van der Waals surface area contributed by atoms with Crippen molar-refractivity contribution < 1.29 is 23.4 Å². The molecule has 0 saturated heterocycles. The van der Waals surface area contributed by atoms with Crippen LogP contribution in [0.15, 0.2) is 94.9 Å². The van der Waals surface area contributed by atoms with Crippen molar-refractivity contribution in [2.45, 2.75) is 37.8 Å². The number of nitrogens with zero attached hydrogens (tertiary/aromatic N) is 5. The molecule has 4 heterocycles. The van der Waals surface area contributed by atoms with E-state index in [-0.39, 0.29) is 36.0 Å². The maximum Gasteiger partial charge on any atom is 0.337 e. The Morgan fingerprint density at radius 2 is 1.73 bits per heavy atom. The lowest BCUT2D eigenvalue weighted by Crippen LogP contribution is -2.45. The van der Waals surface area contributed by atoms with Gasteiger partial charge in [0, 0.05) is 24.5 Å². The lowest BCUT2D eigenvalue weighted by Gasteiger charge is -2.30. The number of aliphatic hydroxyl groups excluding tert-OH is 1. The molecule has 2 aromatic carbocycles. The van der Waals surface area contributed by atoms with Gasteiger partial charge in [-0.05, 0) is 79.3 Å². The van der Waals surface area contributed by atoms with Crippen LogP contribution < -0.4 is 21.3 Å². The van der Waals surface area contributed by atoms with Crippen LogP contribution in [0.5, 0.6) is 5.75 Å². The number of nitrogens with one attached hydrogen (secondary N) is 1. The largest absolute Gasteiger partial charge is 0.491 e. The van der Waals surface area contributed by atoms with Crippen LogP contribution in [-0.2, 0) is 0 Å². The normalized spacial score (nSPS) is 16.3. The fraction of sp³-hybridized carbons (Fsp3) is 0.229.